The first-order valence-corrected chi connectivity index (χ1v) is 11.9. The Morgan fingerprint density at radius 3 is 2.69 bits per heavy atom. The molecular weight excluding hydrogens is 422 g/mol. The number of fused-ring (bicyclic) bond motifs is 2. The van der Waals surface area contributed by atoms with Crippen LogP contribution in [0.3, 0.4) is 0 Å². The number of para-hydroxylation sites is 1. The maximum Gasteiger partial charge on any atom is 0.262 e. The van der Waals surface area contributed by atoms with Crippen LogP contribution >= 0.6 is 11.3 Å². The number of amides is 1. The molecule has 1 aromatic carbocycles. The van der Waals surface area contributed by atoms with Gasteiger partial charge in [0.15, 0.2) is 0 Å². The second-order valence-electron chi connectivity index (χ2n) is 8.59. The molecule has 1 saturated heterocycles. The minimum absolute atomic E-state index is 0.0599. The number of carbonyl (C=O) groups is 1. The molecule has 0 unspecified atom stereocenters. The van der Waals surface area contributed by atoms with Gasteiger partial charge in [-0.15, -0.1) is 11.3 Å². The molecular formula is C24H27N5O2S. The molecule has 4 aromatic rings. The Bertz CT molecular complexity index is 1370. The number of rotatable bonds is 4. The van der Waals surface area contributed by atoms with Crippen molar-refractivity contribution in [3.63, 3.8) is 0 Å². The number of nitrogens with zero attached hydrogens (tertiary/aromatic N) is 5. The van der Waals surface area contributed by atoms with Gasteiger partial charge < -0.3 is 4.90 Å². The lowest BCUT2D eigenvalue weighted by Crippen LogP contribution is -2.41. The van der Waals surface area contributed by atoms with Crippen molar-refractivity contribution in [2.45, 2.75) is 52.6 Å². The number of likely N-dealkylation sites (tertiary alicyclic amines) is 1. The molecule has 1 fully saturated rings. The van der Waals surface area contributed by atoms with Gasteiger partial charge in [0, 0.05) is 35.8 Å². The van der Waals surface area contributed by atoms with Crippen LogP contribution < -0.4 is 5.56 Å². The van der Waals surface area contributed by atoms with E-state index in [1.165, 1.54) is 0 Å². The third kappa shape index (κ3) is 3.52. The highest BCUT2D eigenvalue weighted by atomic mass is 32.1. The summed E-state index contributed by atoms with van der Waals surface area (Å²) in [7, 11) is 0. The quantitative estimate of drug-likeness (QED) is 0.472. The van der Waals surface area contributed by atoms with Crippen molar-refractivity contribution in [1.82, 2.24) is 24.2 Å². The van der Waals surface area contributed by atoms with Gasteiger partial charge in [0.25, 0.3) is 5.56 Å². The van der Waals surface area contributed by atoms with Crippen LogP contribution in [-0.4, -0.2) is 43.2 Å². The van der Waals surface area contributed by atoms with Crippen LogP contribution in [0, 0.1) is 20.8 Å². The zero-order valence-electron chi connectivity index (χ0n) is 18.7. The molecule has 166 valence electrons. The van der Waals surface area contributed by atoms with Gasteiger partial charge in [-0.3, -0.25) is 18.8 Å². The monoisotopic (exact) mass is 449 g/mol. The summed E-state index contributed by atoms with van der Waals surface area (Å²) in [5.74, 6) is 0.907. The molecule has 0 spiro atoms. The zero-order valence-corrected chi connectivity index (χ0v) is 19.5. The third-order valence-electron chi connectivity index (χ3n) is 6.68. The predicted molar refractivity (Wildman–Crippen MR) is 127 cm³/mol. The van der Waals surface area contributed by atoms with Gasteiger partial charge in [-0.2, -0.15) is 5.10 Å². The maximum atomic E-state index is 13.3. The van der Waals surface area contributed by atoms with Crippen LogP contribution in [0.1, 0.15) is 41.6 Å². The Kier molecular flexibility index (Phi) is 5.33. The fraction of sp³-hybridized carbons (Fsp3) is 0.417. The predicted octanol–water partition coefficient (Wildman–Crippen LogP) is 3.99. The molecule has 0 bridgehead atoms. The summed E-state index contributed by atoms with van der Waals surface area (Å²) >= 11 is 1.59. The first-order chi connectivity index (χ1) is 15.4. The van der Waals surface area contributed by atoms with Crippen molar-refractivity contribution in [3.8, 4) is 0 Å². The number of aromatic nitrogens is 4. The fourth-order valence-electron chi connectivity index (χ4n) is 4.78. The van der Waals surface area contributed by atoms with E-state index >= 15 is 0 Å². The molecule has 1 aliphatic heterocycles. The molecule has 7 nitrogen and oxygen atoms in total. The first-order valence-electron chi connectivity index (χ1n) is 11.1. The van der Waals surface area contributed by atoms with Crippen molar-refractivity contribution < 1.29 is 4.79 Å². The van der Waals surface area contributed by atoms with Crippen molar-refractivity contribution in [1.29, 1.82) is 0 Å². The molecule has 1 aliphatic rings. The molecule has 0 aliphatic carbocycles. The topological polar surface area (TPSA) is 73.0 Å². The van der Waals surface area contributed by atoms with Gasteiger partial charge in [0.1, 0.15) is 10.7 Å². The summed E-state index contributed by atoms with van der Waals surface area (Å²) in [5, 5.41) is 6.26. The van der Waals surface area contributed by atoms with E-state index in [0.717, 1.165) is 50.2 Å². The molecule has 4 heterocycles. The largest absolute Gasteiger partial charge is 0.342 e. The van der Waals surface area contributed by atoms with E-state index in [4.69, 9.17) is 4.98 Å². The molecule has 0 N–H and O–H groups in total. The number of hydrogen-bond acceptors (Lipinski definition) is 5. The molecule has 0 radical (unpaired) electrons. The van der Waals surface area contributed by atoms with E-state index in [0.29, 0.717) is 26.1 Å². The molecule has 5 rings (SSSR count). The lowest BCUT2D eigenvalue weighted by Gasteiger charge is -2.33. The van der Waals surface area contributed by atoms with E-state index in [9.17, 15) is 9.59 Å². The van der Waals surface area contributed by atoms with Crippen LogP contribution in [0.5, 0.6) is 0 Å². The second-order valence-corrected chi connectivity index (χ2v) is 9.79. The molecule has 8 heteroatoms. The number of thiophene rings is 1. The Morgan fingerprint density at radius 2 is 1.91 bits per heavy atom. The Labute approximate surface area is 190 Å². The van der Waals surface area contributed by atoms with Gasteiger partial charge in [0.2, 0.25) is 5.91 Å². The van der Waals surface area contributed by atoms with Crippen LogP contribution in [0.2, 0.25) is 0 Å². The third-order valence-corrected chi connectivity index (χ3v) is 7.78. The normalized spacial score (nSPS) is 15.2. The van der Waals surface area contributed by atoms with Crippen molar-refractivity contribution in [2.75, 3.05) is 13.1 Å². The number of aryl methyl sites for hydroxylation is 4. The van der Waals surface area contributed by atoms with E-state index in [1.807, 2.05) is 65.4 Å². The molecule has 0 saturated carbocycles. The summed E-state index contributed by atoms with van der Waals surface area (Å²) in [6.07, 6.45) is 3.81. The Hall–Kier alpha value is -3.00. The minimum atomic E-state index is 0.0599. The highest BCUT2D eigenvalue weighted by Crippen LogP contribution is 2.29. The van der Waals surface area contributed by atoms with Gasteiger partial charge in [-0.05, 0) is 45.2 Å². The smallest absolute Gasteiger partial charge is 0.262 e. The average Bonchev–Trinajstić information content (AvgIpc) is 3.33. The SMILES string of the molecule is Cc1sc2nc(C)n(C3CCN(C(=O)CCn4ncc5ccccc54)CC3)c(=O)c2c1C. The van der Waals surface area contributed by atoms with E-state index in [-0.39, 0.29) is 17.5 Å². The molecule has 1 amide bonds. The van der Waals surface area contributed by atoms with Crippen LogP contribution in [0.4, 0.5) is 0 Å². The standard InChI is InChI=1S/C24H27N5O2S/c1-15-16(2)32-23-22(15)24(31)29(17(3)26-23)19-8-11-27(12-9-19)21(30)10-13-28-20-7-5-4-6-18(20)14-25-28/h4-7,14,19H,8-13H2,1-3H3. The lowest BCUT2D eigenvalue weighted by molar-refractivity contribution is -0.132. The average molecular weight is 450 g/mol. The summed E-state index contributed by atoms with van der Waals surface area (Å²) in [6, 6.07) is 8.12. The van der Waals surface area contributed by atoms with Crippen LogP contribution in [0.15, 0.2) is 35.3 Å². The number of carbonyl (C=O) groups excluding carboxylic acids is 1. The lowest BCUT2D eigenvalue weighted by atomic mass is 10.0. The molecule has 32 heavy (non-hydrogen) atoms. The first kappa shape index (κ1) is 20.9. The van der Waals surface area contributed by atoms with Crippen molar-refractivity contribution in [2.24, 2.45) is 0 Å². The molecule has 0 atom stereocenters. The summed E-state index contributed by atoms with van der Waals surface area (Å²) in [6.45, 7) is 7.85. The van der Waals surface area contributed by atoms with Crippen LogP contribution in [0.25, 0.3) is 21.1 Å². The maximum absolute atomic E-state index is 13.3. The van der Waals surface area contributed by atoms with Crippen molar-refractivity contribution in [3.05, 3.63) is 57.1 Å². The van der Waals surface area contributed by atoms with E-state index in [1.54, 1.807) is 11.3 Å². The van der Waals surface area contributed by atoms with Gasteiger partial charge in [0.05, 0.1) is 23.6 Å². The second kappa shape index (κ2) is 8.16. The van der Waals surface area contributed by atoms with E-state index < -0.39 is 0 Å². The highest BCUT2D eigenvalue weighted by molar-refractivity contribution is 7.18. The van der Waals surface area contributed by atoms with Crippen molar-refractivity contribution >= 4 is 38.4 Å². The molecule has 3 aromatic heterocycles. The fourth-order valence-corrected chi connectivity index (χ4v) is 5.84. The summed E-state index contributed by atoms with van der Waals surface area (Å²) < 4.78 is 3.76. The number of piperidine rings is 1. The minimum Gasteiger partial charge on any atom is -0.342 e. The van der Waals surface area contributed by atoms with E-state index in [2.05, 4.69) is 5.10 Å². The summed E-state index contributed by atoms with van der Waals surface area (Å²) in [5.41, 5.74) is 2.15. The number of benzene rings is 1. The number of hydrogen-bond donors (Lipinski definition) is 0. The highest BCUT2D eigenvalue weighted by Gasteiger charge is 2.27. The van der Waals surface area contributed by atoms with Crippen LogP contribution in [-0.2, 0) is 11.3 Å². The Balaban J connectivity index is 1.26. The Morgan fingerprint density at radius 1 is 1.16 bits per heavy atom. The van der Waals surface area contributed by atoms with Gasteiger partial charge >= 0.3 is 0 Å². The zero-order chi connectivity index (χ0) is 22.4. The van der Waals surface area contributed by atoms with Gasteiger partial charge in [-0.25, -0.2) is 4.98 Å². The summed E-state index contributed by atoms with van der Waals surface area (Å²) in [4.78, 5) is 34.7. The van der Waals surface area contributed by atoms with Gasteiger partial charge in [-0.1, -0.05) is 18.2 Å².